The topological polar surface area (TPSA) is 61.4 Å². The Balaban J connectivity index is 1.51. The molecule has 0 bridgehead atoms. The highest BCUT2D eigenvalue weighted by molar-refractivity contribution is 5.96. The second kappa shape index (κ2) is 8.71. The molecule has 0 radical (unpaired) electrons. The highest BCUT2D eigenvalue weighted by Gasteiger charge is 2.21. The van der Waals surface area contributed by atoms with E-state index in [-0.39, 0.29) is 18.4 Å². The van der Waals surface area contributed by atoms with Crippen molar-refractivity contribution in [2.45, 2.75) is 26.7 Å². The number of piperidine rings is 1. The average molecular weight is 365 g/mol. The lowest BCUT2D eigenvalue weighted by Crippen LogP contribution is -2.37. The van der Waals surface area contributed by atoms with Crippen LogP contribution in [0.1, 0.15) is 35.7 Å². The zero-order valence-electron chi connectivity index (χ0n) is 16.0. The minimum absolute atomic E-state index is 0.0703. The number of hydrogen-bond acceptors (Lipinski definition) is 3. The fourth-order valence-electron chi connectivity index (χ4n) is 3.23. The van der Waals surface area contributed by atoms with Gasteiger partial charge in [0.2, 0.25) is 5.91 Å². The van der Waals surface area contributed by atoms with Crippen LogP contribution in [-0.2, 0) is 4.79 Å². The Bertz CT molecular complexity index is 793. The normalized spacial score (nSPS) is 14.7. The van der Waals surface area contributed by atoms with Crippen molar-refractivity contribution in [3.63, 3.8) is 0 Å². The molecule has 1 saturated heterocycles. The summed E-state index contributed by atoms with van der Waals surface area (Å²) in [5, 5.41) is 5.96. The maximum atomic E-state index is 12.6. The largest absolute Gasteiger partial charge is 0.376 e. The molecule has 1 aliphatic rings. The van der Waals surface area contributed by atoms with E-state index in [1.54, 1.807) is 24.3 Å². The first-order valence-corrected chi connectivity index (χ1v) is 9.51. The van der Waals surface area contributed by atoms with Crippen molar-refractivity contribution in [3.05, 3.63) is 59.7 Å². The third-order valence-electron chi connectivity index (χ3n) is 4.96. The molecule has 5 heteroatoms. The molecule has 1 fully saturated rings. The predicted molar refractivity (Wildman–Crippen MR) is 109 cm³/mol. The summed E-state index contributed by atoms with van der Waals surface area (Å²) in [6.45, 7) is 6.08. The summed E-state index contributed by atoms with van der Waals surface area (Å²) >= 11 is 0. The number of aryl methyl sites for hydroxylation is 1. The second-order valence-corrected chi connectivity index (χ2v) is 7.32. The van der Waals surface area contributed by atoms with Gasteiger partial charge in [0.25, 0.3) is 5.91 Å². The molecule has 2 aromatic carbocycles. The molecular weight excluding hydrogens is 338 g/mol. The highest BCUT2D eigenvalue weighted by Crippen LogP contribution is 2.19. The zero-order valence-corrected chi connectivity index (χ0v) is 16.0. The molecule has 0 saturated carbocycles. The van der Waals surface area contributed by atoms with Gasteiger partial charge in [-0.15, -0.1) is 0 Å². The number of nitrogens with one attached hydrogen (secondary N) is 2. The van der Waals surface area contributed by atoms with Gasteiger partial charge in [-0.05, 0) is 67.6 Å². The molecule has 2 amide bonds. The van der Waals surface area contributed by atoms with E-state index < -0.39 is 0 Å². The maximum Gasteiger partial charge on any atom is 0.253 e. The molecule has 2 N–H and O–H groups in total. The van der Waals surface area contributed by atoms with Gasteiger partial charge in [-0.1, -0.05) is 19.1 Å². The van der Waals surface area contributed by atoms with Crippen LogP contribution >= 0.6 is 0 Å². The van der Waals surface area contributed by atoms with Gasteiger partial charge in [-0.25, -0.2) is 0 Å². The summed E-state index contributed by atoms with van der Waals surface area (Å²) in [4.78, 5) is 26.6. The summed E-state index contributed by atoms with van der Waals surface area (Å²) in [7, 11) is 0. The fourth-order valence-corrected chi connectivity index (χ4v) is 3.23. The van der Waals surface area contributed by atoms with Gasteiger partial charge < -0.3 is 15.5 Å². The number of rotatable bonds is 5. The summed E-state index contributed by atoms with van der Waals surface area (Å²) < 4.78 is 0. The van der Waals surface area contributed by atoms with Crippen molar-refractivity contribution >= 4 is 23.2 Å². The molecule has 142 valence electrons. The van der Waals surface area contributed by atoms with E-state index >= 15 is 0 Å². The number of benzene rings is 2. The Labute approximate surface area is 160 Å². The van der Waals surface area contributed by atoms with Crippen LogP contribution in [-0.4, -0.2) is 36.3 Å². The molecule has 0 aliphatic carbocycles. The van der Waals surface area contributed by atoms with Gasteiger partial charge in [-0.2, -0.15) is 0 Å². The van der Waals surface area contributed by atoms with E-state index in [1.807, 2.05) is 36.1 Å². The minimum atomic E-state index is -0.124. The standard InChI is InChI=1S/C22H27N3O2/c1-16-10-12-25(13-11-16)22(27)18-6-8-19(9-7-18)24-21(26)15-23-20-5-3-4-17(2)14-20/h3-9,14,16,23H,10-13,15H2,1-2H3,(H,24,26). The van der Waals surface area contributed by atoms with Gasteiger partial charge in [0.1, 0.15) is 0 Å². The lowest BCUT2D eigenvalue weighted by Gasteiger charge is -2.30. The number of carbonyl (C=O) groups is 2. The number of anilines is 2. The Morgan fingerprint density at radius 2 is 1.74 bits per heavy atom. The lowest BCUT2D eigenvalue weighted by atomic mass is 9.98. The molecule has 0 atom stereocenters. The summed E-state index contributed by atoms with van der Waals surface area (Å²) in [5.41, 5.74) is 3.42. The van der Waals surface area contributed by atoms with Crippen molar-refractivity contribution in [2.24, 2.45) is 5.92 Å². The first kappa shape index (κ1) is 19.0. The Kier molecular flexibility index (Phi) is 6.12. The summed E-state index contributed by atoms with van der Waals surface area (Å²) in [5.74, 6) is 0.640. The monoisotopic (exact) mass is 365 g/mol. The van der Waals surface area contributed by atoms with Crippen molar-refractivity contribution in [2.75, 3.05) is 30.3 Å². The number of carbonyl (C=O) groups excluding carboxylic acids is 2. The number of nitrogens with zero attached hydrogens (tertiary/aromatic N) is 1. The Hall–Kier alpha value is -2.82. The molecule has 0 aromatic heterocycles. The van der Waals surface area contributed by atoms with Gasteiger partial charge in [-0.3, -0.25) is 9.59 Å². The van der Waals surface area contributed by atoms with Crippen molar-refractivity contribution in [3.8, 4) is 0 Å². The zero-order chi connectivity index (χ0) is 19.2. The van der Waals surface area contributed by atoms with Crippen LogP contribution in [0.3, 0.4) is 0 Å². The first-order chi connectivity index (χ1) is 13.0. The molecule has 0 unspecified atom stereocenters. The van der Waals surface area contributed by atoms with E-state index in [2.05, 4.69) is 17.6 Å². The van der Waals surface area contributed by atoms with Gasteiger partial charge >= 0.3 is 0 Å². The molecule has 1 aliphatic heterocycles. The first-order valence-electron chi connectivity index (χ1n) is 9.51. The summed E-state index contributed by atoms with van der Waals surface area (Å²) in [6, 6.07) is 15.0. The Morgan fingerprint density at radius 3 is 2.41 bits per heavy atom. The lowest BCUT2D eigenvalue weighted by molar-refractivity contribution is -0.114. The molecule has 2 aromatic rings. The van der Waals surface area contributed by atoms with Crippen LogP contribution in [0.15, 0.2) is 48.5 Å². The predicted octanol–water partition coefficient (Wildman–Crippen LogP) is 3.92. The van der Waals surface area contributed by atoms with E-state index in [9.17, 15) is 9.59 Å². The van der Waals surface area contributed by atoms with Crippen LogP contribution < -0.4 is 10.6 Å². The number of amides is 2. The van der Waals surface area contributed by atoms with E-state index in [0.29, 0.717) is 17.2 Å². The molecular formula is C22H27N3O2. The van der Waals surface area contributed by atoms with Gasteiger partial charge in [0.15, 0.2) is 0 Å². The minimum Gasteiger partial charge on any atom is -0.376 e. The quantitative estimate of drug-likeness (QED) is 0.844. The number of likely N-dealkylation sites (tertiary alicyclic amines) is 1. The molecule has 1 heterocycles. The number of hydrogen-bond donors (Lipinski definition) is 2. The maximum absolute atomic E-state index is 12.6. The van der Waals surface area contributed by atoms with E-state index in [0.717, 1.165) is 37.2 Å². The highest BCUT2D eigenvalue weighted by atomic mass is 16.2. The third kappa shape index (κ3) is 5.33. The molecule has 27 heavy (non-hydrogen) atoms. The van der Waals surface area contributed by atoms with Crippen LogP contribution in [0.25, 0.3) is 0 Å². The van der Waals surface area contributed by atoms with Crippen molar-refractivity contribution in [1.29, 1.82) is 0 Å². The van der Waals surface area contributed by atoms with E-state index in [4.69, 9.17) is 0 Å². The smallest absolute Gasteiger partial charge is 0.253 e. The SMILES string of the molecule is Cc1cccc(NCC(=O)Nc2ccc(C(=O)N3CCC(C)CC3)cc2)c1. The van der Waals surface area contributed by atoms with Crippen molar-refractivity contribution < 1.29 is 9.59 Å². The molecule has 3 rings (SSSR count). The Morgan fingerprint density at radius 1 is 1.04 bits per heavy atom. The third-order valence-corrected chi connectivity index (χ3v) is 4.96. The molecule has 5 nitrogen and oxygen atoms in total. The van der Waals surface area contributed by atoms with Crippen LogP contribution in [0.5, 0.6) is 0 Å². The average Bonchev–Trinajstić information content (AvgIpc) is 2.67. The fraction of sp³-hybridized carbons (Fsp3) is 0.364. The van der Waals surface area contributed by atoms with Crippen LogP contribution in [0.2, 0.25) is 0 Å². The van der Waals surface area contributed by atoms with Gasteiger partial charge in [0, 0.05) is 30.0 Å². The molecule has 0 spiro atoms. The van der Waals surface area contributed by atoms with Crippen molar-refractivity contribution in [1.82, 2.24) is 4.90 Å². The van der Waals surface area contributed by atoms with Crippen LogP contribution in [0.4, 0.5) is 11.4 Å². The van der Waals surface area contributed by atoms with Gasteiger partial charge in [0.05, 0.1) is 6.54 Å². The second-order valence-electron chi connectivity index (χ2n) is 7.32. The van der Waals surface area contributed by atoms with E-state index in [1.165, 1.54) is 0 Å². The summed E-state index contributed by atoms with van der Waals surface area (Å²) in [6.07, 6.45) is 2.13. The van der Waals surface area contributed by atoms with Crippen LogP contribution in [0, 0.1) is 12.8 Å².